The van der Waals surface area contributed by atoms with Crippen LogP contribution in [0.4, 0.5) is 5.69 Å². The molecule has 2 heterocycles. The molecule has 0 N–H and O–H groups in total. The summed E-state index contributed by atoms with van der Waals surface area (Å²) in [6, 6.07) is 8.60. The molecule has 6 nitrogen and oxygen atoms in total. The number of likely N-dealkylation sites (N-methyl/N-ethyl adjacent to an activating group) is 2. The Morgan fingerprint density at radius 1 is 1.11 bits per heavy atom. The van der Waals surface area contributed by atoms with E-state index in [4.69, 9.17) is 10.1 Å². The van der Waals surface area contributed by atoms with Crippen molar-refractivity contribution in [1.82, 2.24) is 24.6 Å². The van der Waals surface area contributed by atoms with Crippen molar-refractivity contribution in [3.05, 3.63) is 30.1 Å². The quantitative estimate of drug-likeness (QED) is 0.749. The number of hydrogen-bond acceptors (Lipinski definition) is 5. The second kappa shape index (κ2) is 8.40. The van der Waals surface area contributed by atoms with Crippen molar-refractivity contribution in [1.29, 1.82) is 0 Å². The minimum absolute atomic E-state index is 0.448. The molecule has 1 fully saturated rings. The fourth-order valence-electron chi connectivity index (χ4n) is 3.80. The summed E-state index contributed by atoms with van der Waals surface area (Å²) in [5.41, 5.74) is 2.31. The topological polar surface area (TPSA) is 40.4 Å². The van der Waals surface area contributed by atoms with Crippen molar-refractivity contribution in [2.45, 2.75) is 26.3 Å². The Morgan fingerprint density at radius 2 is 1.81 bits per heavy atom. The molecule has 1 aliphatic rings. The van der Waals surface area contributed by atoms with Crippen LogP contribution in [0.2, 0.25) is 0 Å². The molecule has 2 unspecified atom stereocenters. The summed E-state index contributed by atoms with van der Waals surface area (Å²) in [4.78, 5) is 11.8. The smallest absolute Gasteiger partial charge is 0.181 e. The van der Waals surface area contributed by atoms with Crippen LogP contribution >= 0.6 is 0 Å². The van der Waals surface area contributed by atoms with Gasteiger partial charge in [0.05, 0.1) is 6.54 Å². The number of aromatic nitrogens is 3. The maximum atomic E-state index is 5.01. The normalized spacial score (nSPS) is 20.6. The van der Waals surface area contributed by atoms with Gasteiger partial charge in [-0.3, -0.25) is 0 Å². The first-order chi connectivity index (χ1) is 12.9. The second-order valence-corrected chi connectivity index (χ2v) is 8.19. The second-order valence-electron chi connectivity index (χ2n) is 8.19. The van der Waals surface area contributed by atoms with Crippen molar-refractivity contribution in [3.63, 3.8) is 0 Å². The van der Waals surface area contributed by atoms with Crippen molar-refractivity contribution >= 4 is 5.69 Å². The highest BCUT2D eigenvalue weighted by Crippen LogP contribution is 2.32. The van der Waals surface area contributed by atoms with E-state index in [0.717, 1.165) is 49.9 Å². The van der Waals surface area contributed by atoms with E-state index in [1.807, 2.05) is 0 Å². The van der Waals surface area contributed by atoms with Crippen LogP contribution in [0.25, 0.3) is 11.4 Å². The molecule has 1 aliphatic heterocycles. The van der Waals surface area contributed by atoms with Crippen molar-refractivity contribution in [3.8, 4) is 11.4 Å². The summed E-state index contributed by atoms with van der Waals surface area (Å²) in [5.74, 6) is 3.03. The van der Waals surface area contributed by atoms with Crippen molar-refractivity contribution in [2.75, 3.05) is 59.3 Å². The van der Waals surface area contributed by atoms with E-state index in [1.165, 1.54) is 5.69 Å². The summed E-state index contributed by atoms with van der Waals surface area (Å²) in [6.07, 6.45) is 0. The number of anilines is 1. The van der Waals surface area contributed by atoms with E-state index >= 15 is 0 Å². The minimum atomic E-state index is 0.448. The van der Waals surface area contributed by atoms with Gasteiger partial charge in [0.2, 0.25) is 0 Å². The summed E-state index contributed by atoms with van der Waals surface area (Å²) in [5, 5.41) is 4.90. The Labute approximate surface area is 163 Å². The molecule has 148 valence electrons. The van der Waals surface area contributed by atoms with E-state index in [-0.39, 0.29) is 0 Å². The molecular weight excluding hydrogens is 336 g/mol. The number of rotatable bonds is 7. The fourth-order valence-corrected chi connectivity index (χ4v) is 3.80. The standard InChI is InChI=1S/C21H34N6/c1-7-26(6)18-10-8-17(9-11-18)20-22-21(19-15-25(5)14-16(19)2)27(23-20)13-12-24(3)4/h8-11,16,19H,7,12-15H2,1-6H3. The average molecular weight is 371 g/mol. The first-order valence-corrected chi connectivity index (χ1v) is 9.98. The third-order valence-electron chi connectivity index (χ3n) is 5.63. The molecule has 0 saturated carbocycles. The zero-order chi connectivity index (χ0) is 19.6. The number of likely N-dealkylation sites (tertiary alicyclic amines) is 1. The monoisotopic (exact) mass is 370 g/mol. The molecule has 1 saturated heterocycles. The fraction of sp³-hybridized carbons (Fsp3) is 0.619. The van der Waals surface area contributed by atoms with Gasteiger partial charge in [0.1, 0.15) is 5.82 Å². The van der Waals surface area contributed by atoms with Gasteiger partial charge in [-0.25, -0.2) is 9.67 Å². The third kappa shape index (κ3) is 4.50. The lowest BCUT2D eigenvalue weighted by molar-refractivity contribution is 0.361. The predicted molar refractivity (Wildman–Crippen MR) is 112 cm³/mol. The largest absolute Gasteiger partial charge is 0.375 e. The van der Waals surface area contributed by atoms with Crippen molar-refractivity contribution < 1.29 is 0 Å². The first kappa shape index (κ1) is 19.8. The summed E-state index contributed by atoms with van der Waals surface area (Å²) in [6.45, 7) is 9.50. The van der Waals surface area contributed by atoms with Gasteiger partial charge in [0.25, 0.3) is 0 Å². The van der Waals surface area contributed by atoms with Crippen LogP contribution in [0, 0.1) is 5.92 Å². The molecule has 0 aliphatic carbocycles. The highest BCUT2D eigenvalue weighted by molar-refractivity contribution is 5.60. The van der Waals surface area contributed by atoms with E-state index in [9.17, 15) is 0 Å². The first-order valence-electron chi connectivity index (χ1n) is 9.98. The van der Waals surface area contributed by atoms with Gasteiger partial charge in [-0.15, -0.1) is 0 Å². The number of hydrogen-bond donors (Lipinski definition) is 0. The van der Waals surface area contributed by atoms with Crippen LogP contribution in [0.3, 0.4) is 0 Å². The van der Waals surface area contributed by atoms with E-state index in [2.05, 4.69) is 85.7 Å². The maximum Gasteiger partial charge on any atom is 0.181 e. The molecule has 2 atom stereocenters. The van der Waals surface area contributed by atoms with Gasteiger partial charge in [0.15, 0.2) is 5.82 Å². The third-order valence-corrected chi connectivity index (χ3v) is 5.63. The highest BCUT2D eigenvalue weighted by Gasteiger charge is 2.33. The Morgan fingerprint density at radius 3 is 2.37 bits per heavy atom. The Bertz CT molecular complexity index is 736. The lowest BCUT2D eigenvalue weighted by Crippen LogP contribution is -2.22. The average Bonchev–Trinajstić information content (AvgIpc) is 3.21. The Hall–Kier alpha value is -1.92. The molecule has 1 aromatic carbocycles. The van der Waals surface area contributed by atoms with Crippen LogP contribution < -0.4 is 4.90 Å². The zero-order valence-corrected chi connectivity index (χ0v) is 17.7. The van der Waals surface area contributed by atoms with Gasteiger partial charge in [-0.05, 0) is 58.3 Å². The molecule has 27 heavy (non-hydrogen) atoms. The van der Waals surface area contributed by atoms with E-state index in [0.29, 0.717) is 11.8 Å². The predicted octanol–water partition coefficient (Wildman–Crippen LogP) is 2.63. The molecule has 2 aromatic rings. The summed E-state index contributed by atoms with van der Waals surface area (Å²) in [7, 11) is 8.51. The lowest BCUT2D eigenvalue weighted by Gasteiger charge is -2.16. The molecule has 0 bridgehead atoms. The molecule has 0 radical (unpaired) electrons. The highest BCUT2D eigenvalue weighted by atomic mass is 15.4. The van der Waals surface area contributed by atoms with Gasteiger partial charge in [0, 0.05) is 50.4 Å². The van der Waals surface area contributed by atoms with Gasteiger partial charge in [-0.1, -0.05) is 6.92 Å². The van der Waals surface area contributed by atoms with Gasteiger partial charge in [-0.2, -0.15) is 5.10 Å². The molecule has 6 heteroatoms. The number of benzene rings is 1. The van der Waals surface area contributed by atoms with Crippen molar-refractivity contribution in [2.24, 2.45) is 5.92 Å². The van der Waals surface area contributed by atoms with Crippen LogP contribution in [0.1, 0.15) is 25.6 Å². The Kier molecular flexibility index (Phi) is 6.17. The minimum Gasteiger partial charge on any atom is -0.375 e. The van der Waals surface area contributed by atoms with Crippen LogP contribution in [0.15, 0.2) is 24.3 Å². The molecular formula is C21H34N6. The molecule has 1 aromatic heterocycles. The molecule has 0 amide bonds. The summed E-state index contributed by atoms with van der Waals surface area (Å²) >= 11 is 0. The number of nitrogens with zero attached hydrogens (tertiary/aromatic N) is 6. The van der Waals surface area contributed by atoms with Gasteiger partial charge >= 0.3 is 0 Å². The zero-order valence-electron chi connectivity index (χ0n) is 17.7. The van der Waals surface area contributed by atoms with Crippen LogP contribution in [-0.4, -0.2) is 78.9 Å². The SMILES string of the molecule is CCN(C)c1ccc(-c2nc(C3CN(C)CC3C)n(CCN(C)C)n2)cc1. The molecule has 3 rings (SSSR count). The lowest BCUT2D eigenvalue weighted by atomic mass is 9.97. The van der Waals surface area contributed by atoms with E-state index in [1.54, 1.807) is 0 Å². The molecule has 0 spiro atoms. The van der Waals surface area contributed by atoms with Gasteiger partial charge < -0.3 is 14.7 Å². The summed E-state index contributed by atoms with van der Waals surface area (Å²) < 4.78 is 2.14. The maximum absolute atomic E-state index is 5.01. The van der Waals surface area contributed by atoms with E-state index < -0.39 is 0 Å². The van der Waals surface area contributed by atoms with Crippen LogP contribution in [-0.2, 0) is 6.54 Å². The Balaban J connectivity index is 1.90. The van der Waals surface area contributed by atoms with Crippen LogP contribution in [0.5, 0.6) is 0 Å².